The summed E-state index contributed by atoms with van der Waals surface area (Å²) >= 11 is 0. The monoisotopic (exact) mass is 314 g/mol. The van der Waals surface area contributed by atoms with Crippen molar-refractivity contribution in [3.8, 4) is 0 Å². The molecule has 0 aliphatic carbocycles. The summed E-state index contributed by atoms with van der Waals surface area (Å²) in [5, 5.41) is 18.1. The molecule has 6 heteroatoms. The molecule has 0 heterocycles. The number of aryl methyl sites for hydroxylation is 2. The zero-order chi connectivity index (χ0) is 16.4. The van der Waals surface area contributed by atoms with E-state index < -0.39 is 28.3 Å². The van der Waals surface area contributed by atoms with Gasteiger partial charge in [0.2, 0.25) is 0 Å². The van der Waals surface area contributed by atoms with Crippen molar-refractivity contribution in [1.82, 2.24) is 0 Å². The van der Waals surface area contributed by atoms with E-state index in [-0.39, 0.29) is 11.5 Å². The van der Waals surface area contributed by atoms with Gasteiger partial charge >= 0.3 is 0 Å². The minimum absolute atomic E-state index is 0.0981. The van der Waals surface area contributed by atoms with Gasteiger partial charge in [-0.2, -0.15) is 0 Å². The van der Waals surface area contributed by atoms with Crippen molar-refractivity contribution in [2.45, 2.75) is 39.6 Å². The van der Waals surface area contributed by atoms with Crippen LogP contribution in [0.5, 0.6) is 0 Å². The van der Waals surface area contributed by atoms with Crippen molar-refractivity contribution < 1.29 is 23.4 Å². The Morgan fingerprint density at radius 2 is 1.81 bits per heavy atom. The van der Waals surface area contributed by atoms with E-state index in [1.165, 1.54) is 6.92 Å². The summed E-state index contributed by atoms with van der Waals surface area (Å²) in [4.78, 5) is 11.7. The van der Waals surface area contributed by atoms with Crippen LogP contribution in [0.1, 0.15) is 39.5 Å². The Bertz CT molecular complexity index is 647. The van der Waals surface area contributed by atoms with Crippen LogP contribution in [0, 0.1) is 20.8 Å². The molecule has 118 valence electrons. The van der Waals surface area contributed by atoms with Gasteiger partial charge in [0.1, 0.15) is 0 Å². The zero-order valence-corrected chi connectivity index (χ0v) is 13.6. The fourth-order valence-corrected chi connectivity index (χ4v) is 4.31. The van der Waals surface area contributed by atoms with Crippen LogP contribution in [0.2, 0.25) is 0 Å². The maximum absolute atomic E-state index is 12.1. The summed E-state index contributed by atoms with van der Waals surface area (Å²) in [5.74, 6) is -0.840. The van der Waals surface area contributed by atoms with Gasteiger partial charge in [-0.25, -0.2) is 8.42 Å². The van der Waals surface area contributed by atoms with E-state index in [9.17, 15) is 18.3 Å². The van der Waals surface area contributed by atoms with E-state index >= 15 is 0 Å². The number of aliphatic hydroxyl groups excluding tert-OH is 2. The largest absolute Gasteiger partial charge is 0.394 e. The van der Waals surface area contributed by atoms with E-state index in [0.29, 0.717) is 16.7 Å². The smallest absolute Gasteiger partial charge is 0.160 e. The Kier molecular flexibility index (Phi) is 5.67. The van der Waals surface area contributed by atoms with Crippen LogP contribution in [0.15, 0.2) is 6.07 Å². The summed E-state index contributed by atoms with van der Waals surface area (Å²) in [6.07, 6.45) is -1.28. The maximum Gasteiger partial charge on any atom is 0.160 e. The van der Waals surface area contributed by atoms with Crippen LogP contribution in [0.25, 0.3) is 0 Å². The average molecular weight is 314 g/mol. The molecule has 21 heavy (non-hydrogen) atoms. The van der Waals surface area contributed by atoms with Gasteiger partial charge in [-0.15, -0.1) is 0 Å². The van der Waals surface area contributed by atoms with Crippen LogP contribution < -0.4 is 0 Å². The highest BCUT2D eigenvalue weighted by atomic mass is 32.2. The normalized spacial score (nSPS) is 13.2. The number of ketones is 1. The van der Waals surface area contributed by atoms with Crippen LogP contribution >= 0.6 is 0 Å². The highest BCUT2D eigenvalue weighted by Gasteiger charge is 2.22. The van der Waals surface area contributed by atoms with Crippen molar-refractivity contribution in [2.24, 2.45) is 0 Å². The minimum Gasteiger partial charge on any atom is -0.394 e. The molecular formula is C15H22O5S. The van der Waals surface area contributed by atoms with Gasteiger partial charge in [-0.05, 0) is 49.9 Å². The molecule has 0 unspecified atom stereocenters. The molecular weight excluding hydrogens is 292 g/mol. The Morgan fingerprint density at radius 3 is 2.29 bits per heavy atom. The van der Waals surface area contributed by atoms with Crippen LogP contribution in [0.4, 0.5) is 0 Å². The van der Waals surface area contributed by atoms with Crippen molar-refractivity contribution in [3.63, 3.8) is 0 Å². The van der Waals surface area contributed by atoms with Crippen LogP contribution in [0.3, 0.4) is 0 Å². The molecule has 0 fully saturated rings. The highest BCUT2D eigenvalue weighted by molar-refractivity contribution is 7.90. The Balaban J connectivity index is 3.26. The second-order valence-corrected chi connectivity index (χ2v) is 7.55. The van der Waals surface area contributed by atoms with E-state index in [4.69, 9.17) is 5.11 Å². The number of hydrogen-bond donors (Lipinski definition) is 2. The summed E-state index contributed by atoms with van der Waals surface area (Å²) in [5.41, 5.74) is 3.44. The number of hydrogen-bond acceptors (Lipinski definition) is 5. The van der Waals surface area contributed by atoms with Crippen molar-refractivity contribution in [3.05, 3.63) is 33.9 Å². The molecule has 5 nitrogen and oxygen atoms in total. The molecule has 1 rings (SSSR count). The summed E-state index contributed by atoms with van der Waals surface area (Å²) in [7, 11) is -3.57. The highest BCUT2D eigenvalue weighted by Crippen LogP contribution is 2.25. The fraction of sp³-hybridized carbons (Fsp3) is 0.533. The first-order chi connectivity index (χ1) is 9.59. The number of carbonyl (C=O) groups excluding carboxylic acids is 1. The lowest BCUT2D eigenvalue weighted by molar-refractivity contribution is 0.101. The first-order valence-electron chi connectivity index (χ1n) is 6.69. The summed E-state index contributed by atoms with van der Waals surface area (Å²) < 4.78 is 24.2. The van der Waals surface area contributed by atoms with E-state index in [0.717, 1.165) is 11.1 Å². The van der Waals surface area contributed by atoms with Gasteiger partial charge < -0.3 is 10.2 Å². The van der Waals surface area contributed by atoms with Gasteiger partial charge in [0, 0.05) is 5.56 Å². The average Bonchev–Trinajstić information content (AvgIpc) is 2.33. The molecule has 1 atom stereocenters. The Morgan fingerprint density at radius 1 is 1.24 bits per heavy atom. The number of benzene rings is 1. The van der Waals surface area contributed by atoms with E-state index in [1.54, 1.807) is 19.9 Å². The molecule has 0 spiro atoms. The quantitative estimate of drug-likeness (QED) is 0.767. The Hall–Kier alpha value is -1.24. The third-order valence-corrected chi connectivity index (χ3v) is 5.13. The van der Waals surface area contributed by atoms with E-state index in [1.807, 2.05) is 6.92 Å². The lowest BCUT2D eigenvalue weighted by Crippen LogP contribution is -2.25. The molecule has 0 aromatic heterocycles. The fourth-order valence-electron chi connectivity index (χ4n) is 2.61. The first-order valence-corrected chi connectivity index (χ1v) is 8.51. The SMILES string of the molecule is CC(=O)c1c(C)cc(C)c(CS(=O)(=O)C[C@H](O)CO)c1C. The molecule has 2 N–H and O–H groups in total. The molecule has 0 saturated carbocycles. The van der Waals surface area contributed by atoms with E-state index in [2.05, 4.69) is 0 Å². The number of aliphatic hydroxyl groups is 2. The molecule has 0 aliphatic rings. The van der Waals surface area contributed by atoms with Gasteiger partial charge in [-0.1, -0.05) is 6.07 Å². The zero-order valence-electron chi connectivity index (χ0n) is 12.8. The number of sulfone groups is 1. The maximum atomic E-state index is 12.1. The second kappa shape index (κ2) is 6.68. The molecule has 1 aromatic rings. The summed E-state index contributed by atoms with van der Waals surface area (Å²) in [6, 6.07) is 1.80. The standard InChI is InChI=1S/C15H22O5S/c1-9-5-10(2)15(12(4)17)11(3)14(9)8-21(19,20)7-13(18)6-16/h5,13,16,18H,6-8H2,1-4H3/t13-/m1/s1. The second-order valence-electron chi connectivity index (χ2n) is 5.44. The predicted molar refractivity (Wildman–Crippen MR) is 81.2 cm³/mol. The molecule has 1 aromatic carbocycles. The van der Waals surface area contributed by atoms with Crippen molar-refractivity contribution in [2.75, 3.05) is 12.4 Å². The van der Waals surface area contributed by atoms with Crippen LogP contribution in [-0.4, -0.2) is 42.9 Å². The molecule has 0 amide bonds. The Labute approximate surface area is 125 Å². The number of Topliss-reactive ketones (excluding diaryl/α,β-unsaturated/α-hetero) is 1. The first kappa shape index (κ1) is 17.8. The molecule has 0 aliphatic heterocycles. The molecule has 0 radical (unpaired) electrons. The molecule has 0 saturated heterocycles. The third-order valence-electron chi connectivity index (χ3n) is 3.50. The lowest BCUT2D eigenvalue weighted by atomic mass is 9.92. The topological polar surface area (TPSA) is 91.7 Å². The summed E-state index contributed by atoms with van der Waals surface area (Å²) in [6.45, 7) is 6.23. The van der Waals surface area contributed by atoms with Crippen molar-refractivity contribution >= 4 is 15.6 Å². The molecule has 0 bridgehead atoms. The van der Waals surface area contributed by atoms with Crippen molar-refractivity contribution in [1.29, 1.82) is 0 Å². The predicted octanol–water partition coefficient (Wildman–Crippen LogP) is 1.08. The minimum atomic E-state index is -3.57. The van der Waals surface area contributed by atoms with Crippen LogP contribution in [-0.2, 0) is 15.6 Å². The third kappa shape index (κ3) is 4.36. The number of rotatable bonds is 6. The van der Waals surface area contributed by atoms with Gasteiger partial charge in [-0.3, -0.25) is 4.79 Å². The van der Waals surface area contributed by atoms with Gasteiger partial charge in [0.25, 0.3) is 0 Å². The van der Waals surface area contributed by atoms with Gasteiger partial charge in [0.15, 0.2) is 15.6 Å². The van der Waals surface area contributed by atoms with Gasteiger partial charge in [0.05, 0.1) is 24.2 Å². The number of carbonyl (C=O) groups is 1. The lowest BCUT2D eigenvalue weighted by Gasteiger charge is -2.16.